The molecule has 0 radical (unpaired) electrons. The summed E-state index contributed by atoms with van der Waals surface area (Å²) < 4.78 is 31.7. The van der Waals surface area contributed by atoms with Crippen molar-refractivity contribution >= 4 is 27.8 Å². The highest BCUT2D eigenvalue weighted by Crippen LogP contribution is 2.13. The molecule has 0 aliphatic heterocycles. The van der Waals surface area contributed by atoms with Gasteiger partial charge in [-0.05, 0) is 19.4 Å². The number of halogens is 4. The molecule has 0 spiro atoms. The van der Waals surface area contributed by atoms with E-state index in [0.29, 0.717) is 13.1 Å². The van der Waals surface area contributed by atoms with E-state index >= 15 is 0 Å². The molecule has 0 aliphatic carbocycles. The molecule has 18 heavy (non-hydrogen) atoms. The predicted octanol–water partition coefficient (Wildman–Crippen LogP) is 1.26. The zero-order chi connectivity index (χ0) is 14.8. The lowest BCUT2D eigenvalue weighted by molar-refractivity contribution is -0.192. The summed E-state index contributed by atoms with van der Waals surface area (Å²) in [5.41, 5.74) is 5.26. The summed E-state index contributed by atoms with van der Waals surface area (Å²) in [5.74, 6) is -2.70. The minimum atomic E-state index is -5.08. The van der Waals surface area contributed by atoms with Gasteiger partial charge in [-0.25, -0.2) is 4.79 Å². The van der Waals surface area contributed by atoms with Crippen LogP contribution in [0.15, 0.2) is 0 Å². The molecule has 4 N–H and O–H groups in total. The molecule has 0 saturated carbocycles. The van der Waals surface area contributed by atoms with Gasteiger partial charge >= 0.3 is 12.1 Å². The fourth-order valence-electron chi connectivity index (χ4n) is 0.610. The molecular weight excluding hydrogens is 321 g/mol. The van der Waals surface area contributed by atoms with Crippen molar-refractivity contribution in [3.8, 4) is 0 Å². The molecule has 0 fully saturated rings. The average molecular weight is 337 g/mol. The molecule has 0 aliphatic rings. The smallest absolute Gasteiger partial charge is 0.475 e. The number of rotatable bonds is 5. The van der Waals surface area contributed by atoms with Crippen molar-refractivity contribution in [2.24, 2.45) is 5.73 Å². The van der Waals surface area contributed by atoms with E-state index in [1.165, 1.54) is 0 Å². The van der Waals surface area contributed by atoms with Crippen LogP contribution >= 0.6 is 15.9 Å². The van der Waals surface area contributed by atoms with Gasteiger partial charge in [0.2, 0.25) is 5.91 Å². The first-order valence-corrected chi connectivity index (χ1v) is 6.00. The second-order valence-corrected chi connectivity index (χ2v) is 4.22. The van der Waals surface area contributed by atoms with Crippen LogP contribution in [0.25, 0.3) is 0 Å². The number of alkyl halides is 4. The molecule has 1 atom stereocenters. The maximum absolute atomic E-state index is 11.1. The molecule has 0 aromatic carbocycles. The number of nitrogens with two attached hydrogens (primary N) is 1. The Balaban J connectivity index is 0. The third-order valence-electron chi connectivity index (χ3n) is 1.57. The summed E-state index contributed by atoms with van der Waals surface area (Å²) in [6.45, 7) is 3.26. The molecule has 108 valence electrons. The van der Waals surface area contributed by atoms with Gasteiger partial charge in [0.25, 0.3) is 0 Å². The summed E-state index contributed by atoms with van der Waals surface area (Å²) in [5, 5.41) is 9.89. The predicted molar refractivity (Wildman–Crippen MR) is 63.4 cm³/mol. The summed E-state index contributed by atoms with van der Waals surface area (Å²) >= 11 is 3.25. The molecule has 0 aromatic rings. The molecular formula is C9H16BrF3N2O3. The minimum Gasteiger partial charge on any atom is -0.475 e. The Labute approximate surface area is 111 Å². The molecule has 0 aromatic heterocycles. The number of hydrogen-bond donors (Lipinski definition) is 3. The number of carboxylic acids is 1. The fraction of sp³-hybridized carbons (Fsp3) is 0.778. The quantitative estimate of drug-likeness (QED) is 0.520. The van der Waals surface area contributed by atoms with Crippen LogP contribution in [0.4, 0.5) is 13.2 Å². The number of amides is 1. The van der Waals surface area contributed by atoms with Gasteiger partial charge < -0.3 is 16.2 Å². The van der Waals surface area contributed by atoms with E-state index in [9.17, 15) is 18.0 Å². The zero-order valence-corrected chi connectivity index (χ0v) is 11.3. The lowest BCUT2D eigenvalue weighted by atomic mass is 10.3. The van der Waals surface area contributed by atoms with E-state index in [1.807, 2.05) is 6.92 Å². The SMILES string of the molecule is CCC(Br)C(=O)NCCCN.O=C(O)C(F)(F)F. The van der Waals surface area contributed by atoms with E-state index in [4.69, 9.17) is 15.6 Å². The van der Waals surface area contributed by atoms with Crippen molar-refractivity contribution in [1.29, 1.82) is 0 Å². The first-order chi connectivity index (χ1) is 8.16. The van der Waals surface area contributed by atoms with E-state index in [2.05, 4.69) is 21.2 Å². The van der Waals surface area contributed by atoms with Crippen LogP contribution in [0.5, 0.6) is 0 Å². The Hall–Kier alpha value is -0.830. The van der Waals surface area contributed by atoms with Gasteiger partial charge in [-0.2, -0.15) is 13.2 Å². The largest absolute Gasteiger partial charge is 0.490 e. The summed E-state index contributed by atoms with van der Waals surface area (Å²) in [6.07, 6.45) is -3.43. The minimum absolute atomic E-state index is 0.0553. The molecule has 1 amide bonds. The van der Waals surface area contributed by atoms with E-state index in [-0.39, 0.29) is 10.7 Å². The lowest BCUT2D eigenvalue weighted by Gasteiger charge is -2.07. The standard InChI is InChI=1S/C7H15BrN2O.C2HF3O2/c1-2-6(8)7(11)10-5-3-4-9;3-2(4,5)1(6)7/h6H,2-5,9H2,1H3,(H,10,11);(H,6,7). The van der Waals surface area contributed by atoms with Crippen molar-refractivity contribution in [2.45, 2.75) is 30.8 Å². The van der Waals surface area contributed by atoms with E-state index in [1.54, 1.807) is 0 Å². The van der Waals surface area contributed by atoms with Gasteiger partial charge in [0.1, 0.15) is 0 Å². The van der Waals surface area contributed by atoms with Crippen LogP contribution in [0.3, 0.4) is 0 Å². The van der Waals surface area contributed by atoms with Crippen molar-refractivity contribution in [2.75, 3.05) is 13.1 Å². The Bertz CT molecular complexity index is 262. The number of carbonyl (C=O) groups is 2. The van der Waals surface area contributed by atoms with E-state index in [0.717, 1.165) is 12.8 Å². The van der Waals surface area contributed by atoms with Gasteiger partial charge in [-0.1, -0.05) is 22.9 Å². The molecule has 1 unspecified atom stereocenters. The van der Waals surface area contributed by atoms with Gasteiger partial charge in [0.15, 0.2) is 0 Å². The van der Waals surface area contributed by atoms with Crippen LogP contribution < -0.4 is 11.1 Å². The van der Waals surface area contributed by atoms with Crippen molar-refractivity contribution < 1.29 is 27.9 Å². The molecule has 0 saturated heterocycles. The monoisotopic (exact) mass is 336 g/mol. The normalized spacial score (nSPS) is 12.1. The second kappa shape index (κ2) is 10.1. The molecule has 5 nitrogen and oxygen atoms in total. The van der Waals surface area contributed by atoms with Crippen molar-refractivity contribution in [3.63, 3.8) is 0 Å². The number of carbonyl (C=O) groups excluding carboxylic acids is 1. The number of nitrogens with one attached hydrogen (secondary N) is 1. The van der Waals surface area contributed by atoms with Crippen LogP contribution in [0, 0.1) is 0 Å². The first-order valence-electron chi connectivity index (χ1n) is 5.08. The average Bonchev–Trinajstić information content (AvgIpc) is 2.27. The highest BCUT2D eigenvalue weighted by Gasteiger charge is 2.38. The maximum Gasteiger partial charge on any atom is 0.490 e. The van der Waals surface area contributed by atoms with Gasteiger partial charge in [0, 0.05) is 6.54 Å². The van der Waals surface area contributed by atoms with Crippen molar-refractivity contribution in [1.82, 2.24) is 5.32 Å². The Kier molecular flexibility index (Phi) is 11.0. The summed E-state index contributed by atoms with van der Waals surface area (Å²) in [7, 11) is 0. The van der Waals surface area contributed by atoms with Crippen molar-refractivity contribution in [3.05, 3.63) is 0 Å². The highest BCUT2D eigenvalue weighted by molar-refractivity contribution is 9.10. The third kappa shape index (κ3) is 11.6. The molecule has 0 rings (SSSR count). The fourth-order valence-corrected chi connectivity index (χ4v) is 0.772. The lowest BCUT2D eigenvalue weighted by Crippen LogP contribution is -2.32. The second-order valence-electron chi connectivity index (χ2n) is 3.11. The zero-order valence-electron chi connectivity index (χ0n) is 9.76. The molecule has 0 bridgehead atoms. The summed E-state index contributed by atoms with van der Waals surface area (Å²) in [6, 6.07) is 0. The van der Waals surface area contributed by atoms with Gasteiger partial charge in [-0.15, -0.1) is 0 Å². The topological polar surface area (TPSA) is 92.4 Å². The Morgan fingerprint density at radius 3 is 2.17 bits per heavy atom. The number of carboxylic acid groups (broad SMARTS) is 1. The van der Waals surface area contributed by atoms with Crippen LogP contribution in [-0.4, -0.2) is 41.1 Å². The van der Waals surface area contributed by atoms with Crippen LogP contribution in [0.1, 0.15) is 19.8 Å². The molecule has 0 heterocycles. The van der Waals surface area contributed by atoms with E-state index < -0.39 is 12.1 Å². The number of hydrogen-bond acceptors (Lipinski definition) is 3. The van der Waals surface area contributed by atoms with Crippen LogP contribution in [0.2, 0.25) is 0 Å². The maximum atomic E-state index is 11.1. The highest BCUT2D eigenvalue weighted by atomic mass is 79.9. The first kappa shape index (κ1) is 19.5. The molecule has 9 heteroatoms. The summed E-state index contributed by atoms with van der Waals surface area (Å²) in [4.78, 5) is 19.9. The van der Waals surface area contributed by atoms with Gasteiger partial charge in [0.05, 0.1) is 4.83 Å². The number of aliphatic carboxylic acids is 1. The van der Waals surface area contributed by atoms with Crippen LogP contribution in [-0.2, 0) is 9.59 Å². The Morgan fingerprint density at radius 2 is 1.89 bits per heavy atom. The Morgan fingerprint density at radius 1 is 1.44 bits per heavy atom. The third-order valence-corrected chi connectivity index (χ3v) is 2.63. The van der Waals surface area contributed by atoms with Gasteiger partial charge in [-0.3, -0.25) is 4.79 Å².